The maximum absolute atomic E-state index is 13.5. The molecule has 5 rings (SSSR count). The lowest BCUT2D eigenvalue weighted by atomic mass is 10.1. The number of fused-ring (bicyclic) bond motifs is 2. The predicted molar refractivity (Wildman–Crippen MR) is 143 cm³/mol. The summed E-state index contributed by atoms with van der Waals surface area (Å²) in [4.78, 5) is 23.0. The number of nitrogen functional groups attached to an aromatic ring is 1. The Kier molecular flexibility index (Phi) is 6.51. The minimum absolute atomic E-state index is 0.252. The largest absolute Gasteiger partial charge is 0.497 e. The minimum atomic E-state index is -0.325. The van der Waals surface area contributed by atoms with Crippen molar-refractivity contribution >= 4 is 33.9 Å². The van der Waals surface area contributed by atoms with E-state index in [1.54, 1.807) is 25.9 Å². The first-order valence-electron chi connectivity index (χ1n) is 11.7. The molecule has 0 aliphatic carbocycles. The van der Waals surface area contributed by atoms with Gasteiger partial charge in [-0.1, -0.05) is 24.3 Å². The van der Waals surface area contributed by atoms with Crippen LogP contribution in [0.5, 0.6) is 17.2 Å². The second-order valence-corrected chi connectivity index (χ2v) is 8.38. The van der Waals surface area contributed by atoms with Gasteiger partial charge in [-0.25, -0.2) is 9.97 Å². The molecule has 0 atom stereocenters. The van der Waals surface area contributed by atoms with E-state index in [4.69, 9.17) is 29.9 Å². The van der Waals surface area contributed by atoms with E-state index in [1.165, 1.54) is 0 Å². The van der Waals surface area contributed by atoms with Crippen LogP contribution in [0.2, 0.25) is 0 Å². The third-order valence-electron chi connectivity index (χ3n) is 6.18. The highest BCUT2D eigenvalue weighted by Gasteiger charge is 2.25. The Morgan fingerprint density at radius 2 is 1.65 bits per heavy atom. The summed E-state index contributed by atoms with van der Waals surface area (Å²) in [7, 11) is 4.78. The number of para-hydroxylation sites is 2. The predicted octanol–water partition coefficient (Wildman–Crippen LogP) is 4.15. The summed E-state index contributed by atoms with van der Waals surface area (Å²) in [6.07, 6.45) is 0.592. The van der Waals surface area contributed by atoms with Crippen LogP contribution in [0.25, 0.3) is 27.9 Å². The number of amides is 1. The van der Waals surface area contributed by atoms with Crippen LogP contribution in [0.3, 0.4) is 0 Å². The van der Waals surface area contributed by atoms with Gasteiger partial charge >= 0.3 is 0 Å². The zero-order valence-electron chi connectivity index (χ0n) is 20.8. The Balaban J connectivity index is 1.51. The number of carbonyl (C=O) groups is 1. The van der Waals surface area contributed by atoms with Gasteiger partial charge in [0.05, 0.1) is 38.1 Å². The van der Waals surface area contributed by atoms with Crippen molar-refractivity contribution in [2.45, 2.75) is 6.42 Å². The van der Waals surface area contributed by atoms with Crippen LogP contribution < -0.4 is 25.3 Å². The van der Waals surface area contributed by atoms with E-state index in [2.05, 4.69) is 5.32 Å². The van der Waals surface area contributed by atoms with Gasteiger partial charge < -0.3 is 25.3 Å². The number of anilines is 1. The number of rotatable bonds is 8. The zero-order valence-corrected chi connectivity index (χ0v) is 20.8. The van der Waals surface area contributed by atoms with E-state index in [-0.39, 0.29) is 17.3 Å². The Bertz CT molecular complexity index is 1610. The molecule has 3 aromatic carbocycles. The summed E-state index contributed by atoms with van der Waals surface area (Å²) < 4.78 is 17.8. The van der Waals surface area contributed by atoms with E-state index in [0.717, 1.165) is 11.3 Å². The molecule has 3 N–H and O–H groups in total. The fourth-order valence-electron chi connectivity index (χ4n) is 4.34. The number of nitrogens with one attached hydrogen (secondary N) is 1. The first-order chi connectivity index (χ1) is 18.0. The molecule has 188 valence electrons. The number of nitrogens with zero attached hydrogens (tertiary/aromatic N) is 3. The number of nitrogens with two attached hydrogens (primary N) is 1. The smallest absolute Gasteiger partial charge is 0.257 e. The van der Waals surface area contributed by atoms with Gasteiger partial charge in [0.1, 0.15) is 22.6 Å². The summed E-state index contributed by atoms with van der Waals surface area (Å²) in [6.45, 7) is 0.389. The van der Waals surface area contributed by atoms with Gasteiger partial charge in [-0.05, 0) is 48.4 Å². The normalized spacial score (nSPS) is 11.0. The number of carbonyl (C=O) groups excluding carboxylic acids is 1. The molecule has 0 unspecified atom stereocenters. The Labute approximate surface area is 213 Å². The molecule has 0 saturated heterocycles. The molecule has 9 nitrogen and oxygen atoms in total. The van der Waals surface area contributed by atoms with Crippen LogP contribution >= 0.6 is 0 Å². The quantitative estimate of drug-likeness (QED) is 0.331. The maximum Gasteiger partial charge on any atom is 0.257 e. The summed E-state index contributed by atoms with van der Waals surface area (Å²) in [6, 6.07) is 20.6. The molecule has 0 radical (unpaired) electrons. The Morgan fingerprint density at radius 1 is 0.892 bits per heavy atom. The van der Waals surface area contributed by atoms with Gasteiger partial charge in [0, 0.05) is 12.6 Å². The van der Waals surface area contributed by atoms with Crippen LogP contribution in [0.15, 0.2) is 66.7 Å². The van der Waals surface area contributed by atoms with Crippen molar-refractivity contribution in [2.24, 2.45) is 0 Å². The summed E-state index contributed by atoms with van der Waals surface area (Å²) >= 11 is 0. The molecule has 0 spiro atoms. The molecule has 0 bridgehead atoms. The lowest BCUT2D eigenvalue weighted by Gasteiger charge is -2.11. The summed E-state index contributed by atoms with van der Waals surface area (Å²) in [5.74, 6) is 1.88. The van der Waals surface area contributed by atoms with Crippen LogP contribution in [0.1, 0.15) is 15.9 Å². The van der Waals surface area contributed by atoms with E-state index >= 15 is 0 Å². The van der Waals surface area contributed by atoms with Crippen LogP contribution in [0, 0.1) is 0 Å². The molecule has 0 aliphatic rings. The molecule has 37 heavy (non-hydrogen) atoms. The molecule has 5 aromatic rings. The van der Waals surface area contributed by atoms with Crippen molar-refractivity contribution in [3.8, 4) is 22.9 Å². The van der Waals surface area contributed by atoms with Gasteiger partial charge in [-0.2, -0.15) is 0 Å². The molecule has 2 heterocycles. The highest BCUT2D eigenvalue weighted by atomic mass is 16.5. The van der Waals surface area contributed by atoms with Gasteiger partial charge in [-0.3, -0.25) is 9.36 Å². The van der Waals surface area contributed by atoms with E-state index in [0.29, 0.717) is 52.4 Å². The third-order valence-corrected chi connectivity index (χ3v) is 6.18. The number of aromatic nitrogens is 3. The molecular weight excluding hydrogens is 470 g/mol. The van der Waals surface area contributed by atoms with Crippen molar-refractivity contribution in [3.63, 3.8) is 0 Å². The van der Waals surface area contributed by atoms with E-state index < -0.39 is 0 Å². The van der Waals surface area contributed by atoms with Gasteiger partial charge in [0.2, 0.25) is 0 Å². The second-order valence-electron chi connectivity index (χ2n) is 8.38. The average molecular weight is 498 g/mol. The fourth-order valence-corrected chi connectivity index (χ4v) is 4.34. The molecule has 0 aliphatic heterocycles. The fraction of sp³-hybridized carbons (Fsp3) is 0.179. The van der Waals surface area contributed by atoms with Gasteiger partial charge in [0.15, 0.2) is 17.1 Å². The first-order valence-corrected chi connectivity index (χ1v) is 11.7. The number of hydrogen-bond donors (Lipinski definition) is 2. The minimum Gasteiger partial charge on any atom is -0.497 e. The molecule has 0 fully saturated rings. The van der Waals surface area contributed by atoms with Crippen LogP contribution in [-0.4, -0.2) is 48.3 Å². The summed E-state index contributed by atoms with van der Waals surface area (Å²) in [5.41, 5.74) is 10.9. The Morgan fingerprint density at radius 3 is 2.38 bits per heavy atom. The molecule has 0 saturated carbocycles. The second kappa shape index (κ2) is 10.1. The van der Waals surface area contributed by atoms with Crippen molar-refractivity contribution in [1.29, 1.82) is 0 Å². The maximum atomic E-state index is 13.5. The summed E-state index contributed by atoms with van der Waals surface area (Å²) in [5, 5.41) is 2.99. The lowest BCUT2D eigenvalue weighted by Crippen LogP contribution is -2.26. The Hall–Kier alpha value is -4.79. The van der Waals surface area contributed by atoms with Crippen molar-refractivity contribution < 1.29 is 19.0 Å². The van der Waals surface area contributed by atoms with Crippen molar-refractivity contribution in [3.05, 3.63) is 77.9 Å². The van der Waals surface area contributed by atoms with Crippen molar-refractivity contribution in [1.82, 2.24) is 19.9 Å². The number of methoxy groups -OCH3 is 3. The molecule has 2 aromatic heterocycles. The third kappa shape index (κ3) is 4.47. The highest BCUT2D eigenvalue weighted by molar-refractivity contribution is 6.11. The van der Waals surface area contributed by atoms with Gasteiger partial charge in [0.25, 0.3) is 5.91 Å². The van der Waals surface area contributed by atoms with Crippen molar-refractivity contribution in [2.75, 3.05) is 33.6 Å². The first kappa shape index (κ1) is 23.9. The standard InChI is InChI=1S/C28H27N5O4/c1-35-19-8-6-7-18(16-19)33-26(29)24(25-27(33)32-21-10-5-4-9-20(21)31-25)28(34)30-14-13-17-11-12-22(36-2)23(15-17)37-3/h4-12,15-16H,13-14,29H2,1-3H3,(H,30,34). The monoisotopic (exact) mass is 497 g/mol. The lowest BCUT2D eigenvalue weighted by molar-refractivity contribution is 0.0956. The molecule has 1 amide bonds. The van der Waals surface area contributed by atoms with Crippen LogP contribution in [0.4, 0.5) is 5.82 Å². The number of benzene rings is 3. The number of ether oxygens (including phenoxy) is 3. The van der Waals surface area contributed by atoms with Crippen LogP contribution in [-0.2, 0) is 6.42 Å². The zero-order chi connectivity index (χ0) is 25.9. The topological polar surface area (TPSA) is 114 Å². The number of hydrogen-bond acceptors (Lipinski definition) is 7. The SMILES string of the molecule is COc1cccc(-n2c(N)c(C(=O)NCCc3ccc(OC)c(OC)c3)c3nc4ccccc4nc32)c1. The highest BCUT2D eigenvalue weighted by Crippen LogP contribution is 2.32. The van der Waals surface area contributed by atoms with Gasteiger partial charge in [-0.15, -0.1) is 0 Å². The molecular formula is C28H27N5O4. The van der Waals surface area contributed by atoms with E-state index in [1.807, 2.05) is 66.7 Å². The van der Waals surface area contributed by atoms with E-state index in [9.17, 15) is 4.79 Å². The average Bonchev–Trinajstić information content (AvgIpc) is 3.21. The molecule has 9 heteroatoms.